The standard InChI is InChI=1S/C16H18N4O/c1-3-9-17-15-10-14(18-11-19-15)16(21)20-12(2)13-7-5-4-6-8-13/h3-8,10-12H,1,9H2,2H3,(H,20,21)(H,17,18,19). The van der Waals surface area contributed by atoms with Gasteiger partial charge >= 0.3 is 0 Å². The van der Waals surface area contributed by atoms with E-state index in [0.717, 1.165) is 5.56 Å². The summed E-state index contributed by atoms with van der Waals surface area (Å²) in [6, 6.07) is 11.3. The maximum Gasteiger partial charge on any atom is 0.270 e. The molecule has 2 N–H and O–H groups in total. The minimum Gasteiger partial charge on any atom is -0.366 e. The summed E-state index contributed by atoms with van der Waals surface area (Å²) in [5.74, 6) is 0.373. The largest absolute Gasteiger partial charge is 0.366 e. The van der Waals surface area contributed by atoms with E-state index >= 15 is 0 Å². The van der Waals surface area contributed by atoms with Gasteiger partial charge in [0.05, 0.1) is 6.04 Å². The van der Waals surface area contributed by atoms with Crippen LogP contribution in [0, 0.1) is 0 Å². The van der Waals surface area contributed by atoms with Gasteiger partial charge in [0.25, 0.3) is 5.91 Å². The lowest BCUT2D eigenvalue weighted by molar-refractivity contribution is 0.0934. The Labute approximate surface area is 124 Å². The predicted molar refractivity (Wildman–Crippen MR) is 83.0 cm³/mol. The van der Waals surface area contributed by atoms with Crippen LogP contribution in [0.4, 0.5) is 5.82 Å². The summed E-state index contributed by atoms with van der Waals surface area (Å²) in [5, 5.41) is 5.94. The molecule has 0 bridgehead atoms. The first-order chi connectivity index (χ1) is 10.2. The molecule has 0 saturated carbocycles. The maximum absolute atomic E-state index is 12.2. The van der Waals surface area contributed by atoms with Gasteiger partial charge < -0.3 is 10.6 Å². The molecular weight excluding hydrogens is 264 g/mol. The molecule has 0 aliphatic rings. The van der Waals surface area contributed by atoms with Crippen molar-refractivity contribution in [1.29, 1.82) is 0 Å². The summed E-state index contributed by atoms with van der Waals surface area (Å²) in [6.45, 7) is 6.14. The topological polar surface area (TPSA) is 66.9 Å². The number of anilines is 1. The van der Waals surface area contributed by atoms with Crippen LogP contribution in [0.2, 0.25) is 0 Å². The molecule has 21 heavy (non-hydrogen) atoms. The minimum absolute atomic E-state index is 0.0850. The van der Waals surface area contributed by atoms with E-state index in [1.165, 1.54) is 6.33 Å². The van der Waals surface area contributed by atoms with E-state index in [1.54, 1.807) is 12.1 Å². The van der Waals surface area contributed by atoms with Crippen LogP contribution in [0.5, 0.6) is 0 Å². The van der Waals surface area contributed by atoms with E-state index in [-0.39, 0.29) is 11.9 Å². The number of carbonyl (C=O) groups is 1. The molecular formula is C16H18N4O. The molecule has 0 aliphatic heterocycles. The third-order valence-electron chi connectivity index (χ3n) is 2.97. The molecule has 1 unspecified atom stereocenters. The van der Waals surface area contributed by atoms with Gasteiger partial charge in [-0.2, -0.15) is 0 Å². The number of rotatable bonds is 6. The van der Waals surface area contributed by atoms with E-state index < -0.39 is 0 Å². The Hall–Kier alpha value is -2.69. The first-order valence-electron chi connectivity index (χ1n) is 6.73. The Balaban J connectivity index is 2.04. The van der Waals surface area contributed by atoms with Gasteiger partial charge in [-0.25, -0.2) is 9.97 Å². The zero-order valence-corrected chi connectivity index (χ0v) is 11.9. The van der Waals surface area contributed by atoms with Gasteiger partial charge in [0.1, 0.15) is 17.8 Å². The molecule has 1 aromatic carbocycles. The number of carbonyl (C=O) groups excluding carboxylic acids is 1. The molecule has 0 spiro atoms. The third kappa shape index (κ3) is 4.14. The van der Waals surface area contributed by atoms with Crippen molar-refractivity contribution < 1.29 is 4.79 Å². The lowest BCUT2D eigenvalue weighted by atomic mass is 10.1. The molecule has 2 aromatic rings. The molecule has 1 heterocycles. The molecule has 0 aliphatic carbocycles. The fraction of sp³-hybridized carbons (Fsp3) is 0.188. The van der Waals surface area contributed by atoms with Crippen LogP contribution in [-0.2, 0) is 0 Å². The van der Waals surface area contributed by atoms with Crippen molar-refractivity contribution in [2.45, 2.75) is 13.0 Å². The first-order valence-corrected chi connectivity index (χ1v) is 6.73. The summed E-state index contributed by atoms with van der Waals surface area (Å²) < 4.78 is 0. The maximum atomic E-state index is 12.2. The van der Waals surface area contributed by atoms with E-state index in [0.29, 0.717) is 18.1 Å². The van der Waals surface area contributed by atoms with E-state index in [9.17, 15) is 4.79 Å². The number of nitrogens with zero attached hydrogens (tertiary/aromatic N) is 2. The zero-order chi connectivity index (χ0) is 15.1. The minimum atomic E-state index is -0.226. The average Bonchev–Trinajstić information content (AvgIpc) is 2.54. The number of benzene rings is 1. The van der Waals surface area contributed by atoms with Gasteiger partial charge in [0.15, 0.2) is 0 Å². The number of aromatic nitrogens is 2. The quantitative estimate of drug-likeness (QED) is 0.799. The monoisotopic (exact) mass is 282 g/mol. The van der Waals surface area contributed by atoms with E-state index in [2.05, 4.69) is 27.2 Å². The second-order valence-electron chi connectivity index (χ2n) is 4.56. The molecule has 5 nitrogen and oxygen atoms in total. The second-order valence-corrected chi connectivity index (χ2v) is 4.56. The molecule has 108 valence electrons. The Kier molecular flexibility index (Phi) is 5.04. The summed E-state index contributed by atoms with van der Waals surface area (Å²) in [6.07, 6.45) is 3.09. The number of hydrogen-bond donors (Lipinski definition) is 2. The highest BCUT2D eigenvalue weighted by molar-refractivity contribution is 5.93. The highest BCUT2D eigenvalue weighted by atomic mass is 16.1. The van der Waals surface area contributed by atoms with Gasteiger partial charge in [0, 0.05) is 12.6 Å². The van der Waals surface area contributed by atoms with Crippen LogP contribution in [0.3, 0.4) is 0 Å². The molecule has 0 radical (unpaired) electrons. The van der Waals surface area contributed by atoms with Crippen LogP contribution in [0.1, 0.15) is 29.0 Å². The zero-order valence-electron chi connectivity index (χ0n) is 11.9. The molecule has 0 fully saturated rings. The van der Waals surface area contributed by atoms with E-state index in [4.69, 9.17) is 0 Å². The van der Waals surface area contributed by atoms with Crippen molar-refractivity contribution >= 4 is 11.7 Å². The molecule has 5 heteroatoms. The van der Waals surface area contributed by atoms with Crippen LogP contribution < -0.4 is 10.6 Å². The molecule has 1 atom stereocenters. The fourth-order valence-electron chi connectivity index (χ4n) is 1.85. The van der Waals surface area contributed by atoms with Crippen LogP contribution >= 0.6 is 0 Å². The SMILES string of the molecule is C=CCNc1cc(C(=O)NC(C)c2ccccc2)ncn1. The molecule has 1 aromatic heterocycles. The highest BCUT2D eigenvalue weighted by Crippen LogP contribution is 2.12. The van der Waals surface area contributed by atoms with Gasteiger partial charge in [-0.3, -0.25) is 4.79 Å². The first kappa shape index (κ1) is 14.7. The molecule has 1 amide bonds. The summed E-state index contributed by atoms with van der Waals surface area (Å²) >= 11 is 0. The van der Waals surface area contributed by atoms with E-state index in [1.807, 2.05) is 37.3 Å². The Bertz CT molecular complexity index is 613. The lowest BCUT2D eigenvalue weighted by Gasteiger charge is -2.14. The predicted octanol–water partition coefficient (Wildman–Crippen LogP) is 2.57. The summed E-state index contributed by atoms with van der Waals surface area (Å²) in [5.41, 5.74) is 1.38. The summed E-state index contributed by atoms with van der Waals surface area (Å²) in [4.78, 5) is 20.3. The lowest BCUT2D eigenvalue weighted by Crippen LogP contribution is -2.27. The normalized spacial score (nSPS) is 11.5. The van der Waals surface area contributed by atoms with Crippen molar-refractivity contribution in [1.82, 2.24) is 15.3 Å². The number of amides is 1. The van der Waals surface area contributed by atoms with Crippen molar-refractivity contribution in [3.05, 3.63) is 66.6 Å². The van der Waals surface area contributed by atoms with Crippen LogP contribution in [0.15, 0.2) is 55.4 Å². The van der Waals surface area contributed by atoms with Gasteiger partial charge in [-0.1, -0.05) is 36.4 Å². The Morgan fingerprint density at radius 2 is 2.10 bits per heavy atom. The van der Waals surface area contributed by atoms with Crippen molar-refractivity contribution in [2.24, 2.45) is 0 Å². The Morgan fingerprint density at radius 1 is 1.33 bits per heavy atom. The molecule has 0 saturated heterocycles. The third-order valence-corrected chi connectivity index (χ3v) is 2.97. The van der Waals surface area contributed by atoms with Crippen LogP contribution in [0.25, 0.3) is 0 Å². The van der Waals surface area contributed by atoms with Crippen molar-refractivity contribution in [3.8, 4) is 0 Å². The van der Waals surface area contributed by atoms with Crippen LogP contribution in [-0.4, -0.2) is 22.4 Å². The number of nitrogens with one attached hydrogen (secondary N) is 2. The second kappa shape index (κ2) is 7.19. The highest BCUT2D eigenvalue weighted by Gasteiger charge is 2.13. The van der Waals surface area contributed by atoms with Crippen molar-refractivity contribution in [3.63, 3.8) is 0 Å². The van der Waals surface area contributed by atoms with Gasteiger partial charge in [-0.05, 0) is 12.5 Å². The number of hydrogen-bond acceptors (Lipinski definition) is 4. The molecule has 2 rings (SSSR count). The Morgan fingerprint density at radius 3 is 2.81 bits per heavy atom. The summed E-state index contributed by atoms with van der Waals surface area (Å²) in [7, 11) is 0. The van der Waals surface area contributed by atoms with Gasteiger partial charge in [0.2, 0.25) is 0 Å². The fourth-order valence-corrected chi connectivity index (χ4v) is 1.85. The van der Waals surface area contributed by atoms with Gasteiger partial charge in [-0.15, -0.1) is 6.58 Å². The average molecular weight is 282 g/mol. The smallest absolute Gasteiger partial charge is 0.270 e. The van der Waals surface area contributed by atoms with Crippen molar-refractivity contribution in [2.75, 3.05) is 11.9 Å².